The van der Waals surface area contributed by atoms with Crippen molar-refractivity contribution in [1.82, 2.24) is 5.32 Å². The van der Waals surface area contributed by atoms with Crippen molar-refractivity contribution in [1.29, 1.82) is 0 Å². The molecule has 0 spiro atoms. The van der Waals surface area contributed by atoms with E-state index in [9.17, 15) is 9.59 Å². The summed E-state index contributed by atoms with van der Waals surface area (Å²) in [4.78, 5) is 27.3. The molecule has 3 aromatic rings. The van der Waals surface area contributed by atoms with Crippen LogP contribution in [-0.4, -0.2) is 18.4 Å². The van der Waals surface area contributed by atoms with Crippen LogP contribution in [0.3, 0.4) is 0 Å². The molecule has 0 unspecified atom stereocenters. The third-order valence-electron chi connectivity index (χ3n) is 7.13. The summed E-state index contributed by atoms with van der Waals surface area (Å²) in [5.41, 5.74) is 5.48. The number of nitrogens with one attached hydrogen (secondary N) is 1. The van der Waals surface area contributed by atoms with E-state index >= 15 is 0 Å². The number of benzene rings is 3. The van der Waals surface area contributed by atoms with Gasteiger partial charge in [-0.2, -0.15) is 0 Å². The molecule has 0 saturated carbocycles. The Labute approximate surface area is 228 Å². The van der Waals surface area contributed by atoms with E-state index in [1.807, 2.05) is 92.7 Å². The van der Waals surface area contributed by atoms with Gasteiger partial charge in [-0.3, -0.25) is 4.79 Å². The van der Waals surface area contributed by atoms with Gasteiger partial charge in [0.1, 0.15) is 12.4 Å². The molecular formula is C32H30ClNO4. The maximum atomic E-state index is 13.8. The zero-order valence-corrected chi connectivity index (χ0v) is 22.3. The van der Waals surface area contributed by atoms with Gasteiger partial charge < -0.3 is 14.8 Å². The normalized spacial score (nSPS) is 19.1. The van der Waals surface area contributed by atoms with E-state index in [4.69, 9.17) is 21.1 Å². The third-order valence-corrected chi connectivity index (χ3v) is 7.38. The first-order chi connectivity index (χ1) is 18.4. The predicted octanol–water partition coefficient (Wildman–Crippen LogP) is 6.84. The Morgan fingerprint density at radius 3 is 2.32 bits per heavy atom. The highest BCUT2D eigenvalue weighted by Gasteiger charge is 2.41. The summed E-state index contributed by atoms with van der Waals surface area (Å²) in [5.74, 6) is -0.156. The standard InChI is InChI=1S/C32H30ClNO4/c1-3-37-26-15-11-23(12-16-26)30-29(32(36)38-19-21-7-5-4-6-8-21)20(2)34-27-17-24(18-28(35)31(27)30)22-9-13-25(33)14-10-22/h4-16,24,30,34H,3,17-19H2,1-2H3/t24-,30-/m0/s1. The average molecular weight is 528 g/mol. The summed E-state index contributed by atoms with van der Waals surface area (Å²) in [5, 5.41) is 4.07. The lowest BCUT2D eigenvalue weighted by atomic mass is 9.71. The second-order valence-electron chi connectivity index (χ2n) is 9.63. The molecule has 2 aliphatic rings. The zero-order chi connectivity index (χ0) is 26.6. The fourth-order valence-corrected chi connectivity index (χ4v) is 5.46. The number of dihydropyridines is 1. The molecule has 0 bridgehead atoms. The van der Waals surface area contributed by atoms with Crippen molar-refractivity contribution < 1.29 is 19.1 Å². The average Bonchev–Trinajstić information content (AvgIpc) is 2.92. The van der Waals surface area contributed by atoms with Crippen LogP contribution in [0, 0.1) is 0 Å². The lowest BCUT2D eigenvalue weighted by Crippen LogP contribution is -2.36. The van der Waals surface area contributed by atoms with Crippen molar-refractivity contribution in [2.75, 3.05) is 6.61 Å². The van der Waals surface area contributed by atoms with Crippen molar-refractivity contribution in [2.24, 2.45) is 0 Å². The van der Waals surface area contributed by atoms with Gasteiger partial charge in [-0.15, -0.1) is 0 Å². The lowest BCUT2D eigenvalue weighted by molar-refractivity contribution is -0.140. The van der Waals surface area contributed by atoms with E-state index in [0.717, 1.165) is 28.1 Å². The van der Waals surface area contributed by atoms with Crippen LogP contribution in [0.2, 0.25) is 5.02 Å². The quantitative estimate of drug-likeness (QED) is 0.341. The molecule has 1 aliphatic heterocycles. The molecule has 38 heavy (non-hydrogen) atoms. The topological polar surface area (TPSA) is 64.6 Å². The van der Waals surface area contributed by atoms with E-state index in [1.165, 1.54) is 0 Å². The number of hydrogen-bond donors (Lipinski definition) is 1. The Hall–Kier alpha value is -3.83. The van der Waals surface area contributed by atoms with Crippen LogP contribution in [0.1, 0.15) is 55.2 Å². The van der Waals surface area contributed by atoms with Gasteiger partial charge in [0.25, 0.3) is 0 Å². The number of halogens is 1. The highest BCUT2D eigenvalue weighted by molar-refractivity contribution is 6.30. The number of carbonyl (C=O) groups excluding carboxylic acids is 2. The summed E-state index contributed by atoms with van der Waals surface area (Å²) in [6.45, 7) is 4.52. The highest BCUT2D eigenvalue weighted by Crippen LogP contribution is 2.46. The van der Waals surface area contributed by atoms with Crippen molar-refractivity contribution in [3.63, 3.8) is 0 Å². The first-order valence-electron chi connectivity index (χ1n) is 12.9. The molecule has 194 valence electrons. The Kier molecular flexibility index (Phi) is 7.66. The SMILES string of the molecule is CCOc1ccc([C@H]2C(C(=O)OCc3ccccc3)=C(C)NC3=C2C(=O)C[C@@H](c2ccc(Cl)cc2)C3)cc1. The first-order valence-corrected chi connectivity index (χ1v) is 13.3. The second kappa shape index (κ2) is 11.3. The van der Waals surface area contributed by atoms with E-state index in [2.05, 4.69) is 5.32 Å². The molecule has 0 saturated heterocycles. The van der Waals surface area contributed by atoms with Gasteiger partial charge in [0.05, 0.1) is 12.2 Å². The molecule has 5 rings (SSSR count). The first kappa shape index (κ1) is 25.8. The fraction of sp³-hybridized carbons (Fsp3) is 0.250. The maximum absolute atomic E-state index is 13.8. The Morgan fingerprint density at radius 1 is 0.947 bits per heavy atom. The molecule has 6 heteroatoms. The van der Waals surface area contributed by atoms with Crippen molar-refractivity contribution in [3.8, 4) is 5.75 Å². The highest BCUT2D eigenvalue weighted by atomic mass is 35.5. The van der Waals surface area contributed by atoms with E-state index in [-0.39, 0.29) is 18.3 Å². The fourth-order valence-electron chi connectivity index (χ4n) is 5.34. The summed E-state index contributed by atoms with van der Waals surface area (Å²) >= 11 is 6.09. The second-order valence-corrected chi connectivity index (χ2v) is 10.1. The number of esters is 1. The van der Waals surface area contributed by atoms with Crippen LogP contribution in [0.5, 0.6) is 5.75 Å². The molecule has 1 heterocycles. The van der Waals surface area contributed by atoms with Crippen molar-refractivity contribution in [3.05, 3.63) is 123 Å². The van der Waals surface area contributed by atoms with Crippen molar-refractivity contribution >= 4 is 23.4 Å². The van der Waals surface area contributed by atoms with Gasteiger partial charge in [0.2, 0.25) is 0 Å². The van der Waals surface area contributed by atoms with Gasteiger partial charge in [-0.1, -0.05) is 66.2 Å². The number of carbonyl (C=O) groups is 2. The monoisotopic (exact) mass is 527 g/mol. The van der Waals surface area contributed by atoms with Crippen LogP contribution in [-0.2, 0) is 20.9 Å². The van der Waals surface area contributed by atoms with Crippen LogP contribution in [0.15, 0.2) is 101 Å². The number of ketones is 1. The molecule has 1 aliphatic carbocycles. The predicted molar refractivity (Wildman–Crippen MR) is 148 cm³/mol. The number of hydrogen-bond acceptors (Lipinski definition) is 5. The van der Waals surface area contributed by atoms with Gasteiger partial charge in [0.15, 0.2) is 5.78 Å². The summed E-state index contributed by atoms with van der Waals surface area (Å²) in [6, 6.07) is 24.9. The third kappa shape index (κ3) is 5.39. The Bertz CT molecular complexity index is 1390. The van der Waals surface area contributed by atoms with E-state index in [1.54, 1.807) is 0 Å². The lowest BCUT2D eigenvalue weighted by Gasteiger charge is -2.36. The molecule has 0 fully saturated rings. The van der Waals surface area contributed by atoms with E-state index in [0.29, 0.717) is 41.3 Å². The molecule has 0 amide bonds. The minimum absolute atomic E-state index is 0.0263. The van der Waals surface area contributed by atoms with E-state index < -0.39 is 11.9 Å². The molecule has 0 radical (unpaired) electrons. The van der Waals surface area contributed by atoms with Gasteiger partial charge >= 0.3 is 5.97 Å². The Morgan fingerprint density at radius 2 is 1.63 bits per heavy atom. The zero-order valence-electron chi connectivity index (χ0n) is 21.5. The van der Waals surface area contributed by atoms with Gasteiger partial charge in [-0.05, 0) is 67.1 Å². The van der Waals surface area contributed by atoms with Crippen LogP contribution in [0.25, 0.3) is 0 Å². The van der Waals surface area contributed by atoms with Crippen LogP contribution in [0.4, 0.5) is 0 Å². The molecule has 5 nitrogen and oxygen atoms in total. The number of allylic oxidation sites excluding steroid dienone is 3. The molecule has 3 aromatic carbocycles. The van der Waals surface area contributed by atoms with Crippen LogP contribution >= 0.6 is 11.6 Å². The molecule has 2 atom stereocenters. The molecule has 1 N–H and O–H groups in total. The minimum Gasteiger partial charge on any atom is -0.494 e. The van der Waals surface area contributed by atoms with Crippen molar-refractivity contribution in [2.45, 2.75) is 45.1 Å². The number of ether oxygens (including phenoxy) is 2. The maximum Gasteiger partial charge on any atom is 0.337 e. The Balaban J connectivity index is 1.50. The van der Waals surface area contributed by atoms with Gasteiger partial charge in [-0.25, -0.2) is 4.79 Å². The summed E-state index contributed by atoms with van der Waals surface area (Å²) in [6.07, 6.45) is 1.03. The smallest absolute Gasteiger partial charge is 0.337 e. The number of rotatable bonds is 7. The summed E-state index contributed by atoms with van der Waals surface area (Å²) in [7, 11) is 0. The van der Waals surface area contributed by atoms with Gasteiger partial charge in [0, 0.05) is 34.3 Å². The molecular weight excluding hydrogens is 498 g/mol. The number of Topliss-reactive ketones (excluding diaryl/α,β-unsaturated/α-hetero) is 1. The summed E-state index contributed by atoms with van der Waals surface area (Å²) < 4.78 is 11.4. The van der Waals surface area contributed by atoms with Crippen LogP contribution < -0.4 is 10.1 Å². The largest absolute Gasteiger partial charge is 0.494 e. The minimum atomic E-state index is -0.524. The molecule has 0 aromatic heterocycles.